The first kappa shape index (κ1) is 24.6. The lowest BCUT2D eigenvalue weighted by molar-refractivity contribution is -0.123. The number of urea groups is 1. The number of carbonyl (C=O) groups excluding carboxylic acids is 3. The van der Waals surface area contributed by atoms with Crippen molar-refractivity contribution in [1.29, 1.82) is 0 Å². The summed E-state index contributed by atoms with van der Waals surface area (Å²) >= 11 is 6.00. The van der Waals surface area contributed by atoms with Gasteiger partial charge < -0.3 is 14.8 Å². The number of benzene rings is 2. The molecule has 0 aromatic heterocycles. The van der Waals surface area contributed by atoms with Gasteiger partial charge in [0.2, 0.25) is 10.0 Å². The SMILES string of the molecule is O=C(COC(=O)c1cc(S(=O)(=O)N2CCOCC2)ccc1Cl)NC(=O)Nc1ccccc1F. The van der Waals surface area contributed by atoms with Crippen molar-refractivity contribution in [2.45, 2.75) is 4.90 Å². The second-order valence-electron chi connectivity index (χ2n) is 6.72. The fourth-order valence-corrected chi connectivity index (χ4v) is 4.47. The van der Waals surface area contributed by atoms with Gasteiger partial charge in [0.05, 0.1) is 34.4 Å². The Kier molecular flexibility index (Phi) is 7.97. The lowest BCUT2D eigenvalue weighted by Gasteiger charge is -2.26. The maximum atomic E-state index is 13.5. The number of carbonyl (C=O) groups is 3. The smallest absolute Gasteiger partial charge is 0.340 e. The largest absolute Gasteiger partial charge is 0.452 e. The highest BCUT2D eigenvalue weighted by atomic mass is 35.5. The number of esters is 1. The molecule has 33 heavy (non-hydrogen) atoms. The van der Waals surface area contributed by atoms with Crippen molar-refractivity contribution in [1.82, 2.24) is 9.62 Å². The van der Waals surface area contributed by atoms with Gasteiger partial charge in [0.1, 0.15) is 5.82 Å². The molecule has 3 amide bonds. The first-order chi connectivity index (χ1) is 15.7. The number of anilines is 1. The van der Waals surface area contributed by atoms with Gasteiger partial charge in [-0.05, 0) is 30.3 Å². The van der Waals surface area contributed by atoms with Crippen LogP contribution in [0.15, 0.2) is 47.4 Å². The normalized spacial score (nSPS) is 14.4. The number of ether oxygens (including phenoxy) is 2. The summed E-state index contributed by atoms with van der Waals surface area (Å²) in [5.41, 5.74) is -0.417. The monoisotopic (exact) mass is 499 g/mol. The van der Waals surface area contributed by atoms with E-state index in [0.717, 1.165) is 12.1 Å². The number of imide groups is 1. The molecule has 0 bridgehead atoms. The van der Waals surface area contributed by atoms with Gasteiger partial charge in [-0.2, -0.15) is 4.31 Å². The summed E-state index contributed by atoms with van der Waals surface area (Å²) in [6, 6.07) is 7.83. The van der Waals surface area contributed by atoms with Crippen molar-refractivity contribution in [3.05, 3.63) is 58.9 Å². The number of halogens is 2. The Morgan fingerprint density at radius 3 is 2.52 bits per heavy atom. The number of nitrogens with zero attached hydrogens (tertiary/aromatic N) is 1. The van der Waals surface area contributed by atoms with Gasteiger partial charge in [-0.1, -0.05) is 23.7 Å². The summed E-state index contributed by atoms with van der Waals surface area (Å²) in [5.74, 6) is -2.76. The molecule has 1 fully saturated rings. The number of sulfonamides is 1. The summed E-state index contributed by atoms with van der Waals surface area (Å²) in [7, 11) is -3.89. The van der Waals surface area contributed by atoms with E-state index in [4.69, 9.17) is 21.1 Å². The van der Waals surface area contributed by atoms with E-state index >= 15 is 0 Å². The standard InChI is InChI=1S/C20H19ClFN3O7S/c21-15-6-5-13(33(29,30)25-7-9-31-10-8-25)11-14(15)19(27)32-12-18(26)24-20(28)23-17-4-2-1-3-16(17)22/h1-6,11H,7-10,12H2,(H2,23,24,26,28). The highest BCUT2D eigenvalue weighted by Gasteiger charge is 2.28. The highest BCUT2D eigenvalue weighted by Crippen LogP contribution is 2.24. The van der Waals surface area contributed by atoms with Crippen LogP contribution < -0.4 is 10.6 Å². The lowest BCUT2D eigenvalue weighted by Crippen LogP contribution is -2.40. The number of rotatable bonds is 6. The van der Waals surface area contributed by atoms with Gasteiger partial charge in [-0.3, -0.25) is 10.1 Å². The summed E-state index contributed by atoms with van der Waals surface area (Å²) in [5, 5.41) is 3.93. The number of morpholine rings is 1. The zero-order chi connectivity index (χ0) is 24.0. The van der Waals surface area contributed by atoms with E-state index < -0.39 is 40.4 Å². The predicted molar refractivity (Wildman–Crippen MR) is 115 cm³/mol. The molecule has 1 aliphatic heterocycles. The Morgan fingerprint density at radius 2 is 1.82 bits per heavy atom. The number of nitrogens with one attached hydrogen (secondary N) is 2. The van der Waals surface area contributed by atoms with Crippen LogP contribution in [0.25, 0.3) is 0 Å². The molecule has 0 aliphatic carbocycles. The Bertz CT molecular complexity index is 1170. The van der Waals surface area contributed by atoms with E-state index in [-0.39, 0.29) is 47.5 Å². The number of amides is 3. The molecule has 2 N–H and O–H groups in total. The molecule has 10 nitrogen and oxygen atoms in total. The summed E-state index contributed by atoms with van der Waals surface area (Å²) in [4.78, 5) is 35.9. The quantitative estimate of drug-likeness (QED) is 0.581. The average molecular weight is 500 g/mol. The molecule has 0 atom stereocenters. The summed E-state index contributed by atoms with van der Waals surface area (Å²) < 4.78 is 50.3. The fourth-order valence-electron chi connectivity index (χ4n) is 2.84. The Hall–Kier alpha value is -3.06. The highest BCUT2D eigenvalue weighted by molar-refractivity contribution is 7.89. The Labute approximate surface area is 193 Å². The second-order valence-corrected chi connectivity index (χ2v) is 9.06. The van der Waals surface area contributed by atoms with Crippen LogP contribution in [0.3, 0.4) is 0 Å². The second kappa shape index (κ2) is 10.7. The van der Waals surface area contributed by atoms with Crippen LogP contribution in [-0.4, -0.2) is 63.5 Å². The summed E-state index contributed by atoms with van der Waals surface area (Å²) in [6.45, 7) is -0.0251. The molecule has 2 aromatic carbocycles. The molecular weight excluding hydrogens is 481 g/mol. The van der Waals surface area contributed by atoms with Gasteiger partial charge >= 0.3 is 12.0 Å². The van der Waals surface area contributed by atoms with Crippen LogP contribution >= 0.6 is 11.6 Å². The average Bonchev–Trinajstić information content (AvgIpc) is 2.79. The molecule has 0 spiro atoms. The van der Waals surface area contributed by atoms with Crippen molar-refractivity contribution in [3.63, 3.8) is 0 Å². The van der Waals surface area contributed by atoms with E-state index in [9.17, 15) is 27.2 Å². The topological polar surface area (TPSA) is 131 Å². The first-order valence-electron chi connectivity index (χ1n) is 9.58. The van der Waals surface area contributed by atoms with Crippen molar-refractivity contribution in [2.24, 2.45) is 0 Å². The fraction of sp³-hybridized carbons (Fsp3) is 0.250. The third kappa shape index (κ3) is 6.26. The van der Waals surface area contributed by atoms with Crippen LogP contribution in [0.4, 0.5) is 14.9 Å². The van der Waals surface area contributed by atoms with Gasteiger partial charge in [0.15, 0.2) is 6.61 Å². The van der Waals surface area contributed by atoms with E-state index in [2.05, 4.69) is 5.32 Å². The third-order valence-corrected chi connectivity index (χ3v) is 6.70. The molecule has 3 rings (SSSR count). The van der Waals surface area contributed by atoms with Gasteiger partial charge in [-0.25, -0.2) is 22.4 Å². The molecule has 1 aliphatic rings. The zero-order valence-electron chi connectivity index (χ0n) is 17.0. The Morgan fingerprint density at radius 1 is 1.12 bits per heavy atom. The van der Waals surface area contributed by atoms with Crippen molar-refractivity contribution in [2.75, 3.05) is 38.2 Å². The number of para-hydroxylation sites is 1. The molecule has 2 aromatic rings. The molecule has 0 radical (unpaired) electrons. The van der Waals surface area contributed by atoms with E-state index in [1.807, 2.05) is 5.32 Å². The van der Waals surface area contributed by atoms with Crippen LogP contribution in [0.2, 0.25) is 5.02 Å². The minimum atomic E-state index is -3.89. The number of hydrogen-bond acceptors (Lipinski definition) is 7. The van der Waals surface area contributed by atoms with Gasteiger partial charge in [0, 0.05) is 13.1 Å². The minimum absolute atomic E-state index is 0.0846. The maximum absolute atomic E-state index is 13.5. The van der Waals surface area contributed by atoms with Crippen LogP contribution in [0.5, 0.6) is 0 Å². The van der Waals surface area contributed by atoms with Crippen molar-refractivity contribution < 1.29 is 36.7 Å². The molecule has 1 saturated heterocycles. The van der Waals surface area contributed by atoms with Gasteiger partial charge in [0.25, 0.3) is 5.91 Å². The number of hydrogen-bond donors (Lipinski definition) is 2. The molecular formula is C20H19ClFN3O7S. The third-order valence-electron chi connectivity index (χ3n) is 4.47. The molecule has 1 heterocycles. The first-order valence-corrected chi connectivity index (χ1v) is 11.4. The van der Waals surface area contributed by atoms with Crippen LogP contribution in [0.1, 0.15) is 10.4 Å². The minimum Gasteiger partial charge on any atom is -0.452 e. The molecule has 13 heteroatoms. The summed E-state index contributed by atoms with van der Waals surface area (Å²) in [6.07, 6.45) is 0. The van der Waals surface area contributed by atoms with Crippen LogP contribution in [0, 0.1) is 5.82 Å². The Balaban J connectivity index is 1.60. The van der Waals surface area contributed by atoms with Crippen molar-refractivity contribution in [3.8, 4) is 0 Å². The molecule has 0 saturated carbocycles. The van der Waals surface area contributed by atoms with E-state index in [1.165, 1.54) is 34.6 Å². The maximum Gasteiger partial charge on any atom is 0.340 e. The molecule has 176 valence electrons. The van der Waals surface area contributed by atoms with Crippen molar-refractivity contribution >= 4 is 45.2 Å². The van der Waals surface area contributed by atoms with E-state index in [0.29, 0.717) is 0 Å². The zero-order valence-corrected chi connectivity index (χ0v) is 18.6. The molecule has 0 unspecified atom stereocenters. The van der Waals surface area contributed by atoms with E-state index in [1.54, 1.807) is 0 Å². The lowest BCUT2D eigenvalue weighted by atomic mass is 10.2. The predicted octanol–water partition coefficient (Wildman–Crippen LogP) is 2.01. The van der Waals surface area contributed by atoms with Gasteiger partial charge in [-0.15, -0.1) is 0 Å². The van der Waals surface area contributed by atoms with Crippen LogP contribution in [-0.2, 0) is 24.3 Å².